The molecule has 8 heteroatoms. The Morgan fingerprint density at radius 2 is 1.82 bits per heavy atom. The van der Waals surface area contributed by atoms with E-state index in [0.29, 0.717) is 39.4 Å². The summed E-state index contributed by atoms with van der Waals surface area (Å²) in [5.41, 5.74) is 3.53. The number of methoxy groups -OCH3 is 1. The molecule has 4 aromatic rings. The lowest BCUT2D eigenvalue weighted by Gasteiger charge is -2.09. The zero-order valence-corrected chi connectivity index (χ0v) is 15.9. The van der Waals surface area contributed by atoms with Crippen LogP contribution in [0.4, 0.5) is 8.78 Å². The highest BCUT2D eigenvalue weighted by Crippen LogP contribution is 2.34. The Bertz CT molecular complexity index is 1160. The van der Waals surface area contributed by atoms with E-state index in [9.17, 15) is 8.78 Å². The highest BCUT2D eigenvalue weighted by Gasteiger charge is 2.22. The van der Waals surface area contributed by atoms with Gasteiger partial charge in [0.25, 0.3) is 6.43 Å². The third-order valence-corrected chi connectivity index (χ3v) is 4.91. The molecule has 4 rings (SSSR count). The Balaban J connectivity index is 2.00. The molecular weight excluding hydrogens is 364 g/mol. The van der Waals surface area contributed by atoms with Crippen molar-refractivity contribution in [2.24, 2.45) is 7.05 Å². The van der Waals surface area contributed by atoms with E-state index in [1.54, 1.807) is 48.8 Å². The summed E-state index contributed by atoms with van der Waals surface area (Å²) < 4.78 is 36.2. The zero-order chi connectivity index (χ0) is 20.0. The van der Waals surface area contributed by atoms with Gasteiger partial charge in [0.1, 0.15) is 5.75 Å². The number of alkyl halides is 2. The van der Waals surface area contributed by atoms with Gasteiger partial charge in [0.05, 0.1) is 35.8 Å². The lowest BCUT2D eigenvalue weighted by molar-refractivity contribution is 0.153. The van der Waals surface area contributed by atoms with Gasteiger partial charge in [-0.3, -0.25) is 4.68 Å². The number of halogens is 2. The van der Waals surface area contributed by atoms with Crippen LogP contribution in [0.2, 0.25) is 0 Å². The Hall–Kier alpha value is -3.29. The van der Waals surface area contributed by atoms with E-state index in [-0.39, 0.29) is 5.56 Å². The lowest BCUT2D eigenvalue weighted by atomic mass is 10.1. The van der Waals surface area contributed by atoms with E-state index < -0.39 is 6.43 Å². The van der Waals surface area contributed by atoms with Crippen LogP contribution >= 0.6 is 0 Å². The molecule has 3 aromatic heterocycles. The molecule has 0 unspecified atom stereocenters. The normalized spacial score (nSPS) is 11.5. The molecule has 0 radical (unpaired) electrons. The predicted octanol–water partition coefficient (Wildman–Crippen LogP) is 4.38. The standard InChI is InChI=1S/C20H19F2N5O/c1-11-18-15(19(21)22)9-17(16-10-23-26(3)12(16)2)24-20(18)27(25-11)13-5-7-14(28-4)8-6-13/h5-10,19H,1-4H3. The molecule has 0 aliphatic carbocycles. The van der Waals surface area contributed by atoms with Crippen LogP contribution in [-0.4, -0.2) is 31.7 Å². The van der Waals surface area contributed by atoms with Crippen molar-refractivity contribution < 1.29 is 13.5 Å². The highest BCUT2D eigenvalue weighted by atomic mass is 19.3. The number of hydrogen-bond donors (Lipinski definition) is 0. The van der Waals surface area contributed by atoms with Gasteiger partial charge in [-0.25, -0.2) is 18.4 Å². The highest BCUT2D eigenvalue weighted by molar-refractivity contribution is 5.86. The third-order valence-electron chi connectivity index (χ3n) is 4.91. The molecule has 0 saturated carbocycles. The van der Waals surface area contributed by atoms with Gasteiger partial charge in [-0.15, -0.1) is 0 Å². The van der Waals surface area contributed by atoms with Crippen LogP contribution in [-0.2, 0) is 7.05 Å². The molecule has 1 aromatic carbocycles. The van der Waals surface area contributed by atoms with Crippen LogP contribution in [0, 0.1) is 13.8 Å². The van der Waals surface area contributed by atoms with Crippen molar-refractivity contribution in [3.63, 3.8) is 0 Å². The van der Waals surface area contributed by atoms with Gasteiger partial charge in [0.2, 0.25) is 0 Å². The quantitative estimate of drug-likeness (QED) is 0.525. The molecule has 0 atom stereocenters. The van der Waals surface area contributed by atoms with Crippen molar-refractivity contribution in [2.75, 3.05) is 7.11 Å². The maximum atomic E-state index is 13.9. The topological polar surface area (TPSA) is 57.8 Å². The van der Waals surface area contributed by atoms with Crippen LogP contribution in [0.15, 0.2) is 36.5 Å². The first-order valence-corrected chi connectivity index (χ1v) is 8.72. The SMILES string of the molecule is COc1ccc(-n2nc(C)c3c(C(F)F)cc(-c4cnn(C)c4C)nc32)cc1. The lowest BCUT2D eigenvalue weighted by Crippen LogP contribution is -2.00. The second-order valence-corrected chi connectivity index (χ2v) is 6.56. The van der Waals surface area contributed by atoms with Crippen molar-refractivity contribution in [2.45, 2.75) is 20.3 Å². The van der Waals surface area contributed by atoms with Crippen molar-refractivity contribution >= 4 is 11.0 Å². The fourth-order valence-corrected chi connectivity index (χ4v) is 3.29. The van der Waals surface area contributed by atoms with Crippen LogP contribution in [0.5, 0.6) is 5.75 Å². The first kappa shape index (κ1) is 18.1. The van der Waals surface area contributed by atoms with Crippen molar-refractivity contribution in [3.05, 3.63) is 53.5 Å². The summed E-state index contributed by atoms with van der Waals surface area (Å²) in [7, 11) is 3.39. The van der Waals surface area contributed by atoms with Crippen LogP contribution < -0.4 is 4.74 Å². The van der Waals surface area contributed by atoms with Crippen molar-refractivity contribution in [1.82, 2.24) is 24.5 Å². The van der Waals surface area contributed by atoms with E-state index in [1.807, 2.05) is 19.1 Å². The summed E-state index contributed by atoms with van der Waals surface area (Å²) >= 11 is 0. The number of rotatable bonds is 4. The molecular formula is C20H19F2N5O. The van der Waals surface area contributed by atoms with Crippen molar-refractivity contribution in [1.29, 1.82) is 0 Å². The molecule has 0 saturated heterocycles. The number of ether oxygens (including phenoxy) is 1. The predicted molar refractivity (Wildman–Crippen MR) is 102 cm³/mol. The number of benzene rings is 1. The second-order valence-electron chi connectivity index (χ2n) is 6.56. The van der Waals surface area contributed by atoms with Gasteiger partial charge >= 0.3 is 0 Å². The number of aromatic nitrogens is 5. The van der Waals surface area contributed by atoms with Gasteiger partial charge in [0, 0.05) is 23.9 Å². The van der Waals surface area contributed by atoms with Gasteiger partial charge < -0.3 is 4.74 Å². The van der Waals surface area contributed by atoms with Gasteiger partial charge in [-0.1, -0.05) is 0 Å². The first-order chi connectivity index (χ1) is 13.4. The molecule has 3 heterocycles. The Morgan fingerprint density at radius 3 is 2.39 bits per heavy atom. The summed E-state index contributed by atoms with van der Waals surface area (Å²) in [6, 6.07) is 8.65. The number of pyridine rings is 1. The number of hydrogen-bond acceptors (Lipinski definition) is 4. The average molecular weight is 383 g/mol. The van der Waals surface area contributed by atoms with E-state index >= 15 is 0 Å². The molecule has 0 bridgehead atoms. The largest absolute Gasteiger partial charge is 0.497 e. The van der Waals surface area contributed by atoms with E-state index in [1.165, 1.54) is 6.07 Å². The van der Waals surface area contributed by atoms with Crippen LogP contribution in [0.1, 0.15) is 23.4 Å². The summed E-state index contributed by atoms with van der Waals surface area (Å²) in [5, 5.41) is 9.06. The molecule has 0 aliphatic rings. The van der Waals surface area contributed by atoms with E-state index in [0.717, 1.165) is 5.69 Å². The molecule has 28 heavy (non-hydrogen) atoms. The third kappa shape index (κ3) is 2.81. The maximum Gasteiger partial charge on any atom is 0.264 e. The molecule has 144 valence electrons. The fraction of sp³-hybridized carbons (Fsp3) is 0.250. The van der Waals surface area contributed by atoms with E-state index in [4.69, 9.17) is 4.74 Å². The van der Waals surface area contributed by atoms with Gasteiger partial charge in [-0.2, -0.15) is 10.2 Å². The Kier molecular flexibility index (Phi) is 4.33. The summed E-state index contributed by atoms with van der Waals surface area (Å²) in [4.78, 5) is 4.68. The minimum atomic E-state index is -2.64. The molecule has 6 nitrogen and oxygen atoms in total. The maximum absolute atomic E-state index is 13.9. The smallest absolute Gasteiger partial charge is 0.264 e. The fourth-order valence-electron chi connectivity index (χ4n) is 3.29. The second kappa shape index (κ2) is 6.70. The first-order valence-electron chi connectivity index (χ1n) is 8.72. The number of nitrogens with zero attached hydrogens (tertiary/aromatic N) is 5. The van der Waals surface area contributed by atoms with Gasteiger partial charge in [-0.05, 0) is 44.2 Å². The Labute approximate surface area is 160 Å². The minimum absolute atomic E-state index is 0.0829. The molecule has 0 N–H and O–H groups in total. The number of aryl methyl sites for hydroxylation is 2. The zero-order valence-electron chi connectivity index (χ0n) is 15.9. The molecule has 0 fully saturated rings. The van der Waals surface area contributed by atoms with Gasteiger partial charge in [0.15, 0.2) is 5.65 Å². The Morgan fingerprint density at radius 1 is 1.11 bits per heavy atom. The average Bonchev–Trinajstić information content (AvgIpc) is 3.21. The molecule has 0 aliphatic heterocycles. The van der Waals surface area contributed by atoms with Crippen LogP contribution in [0.3, 0.4) is 0 Å². The molecule has 0 amide bonds. The minimum Gasteiger partial charge on any atom is -0.497 e. The van der Waals surface area contributed by atoms with Crippen LogP contribution in [0.25, 0.3) is 28.0 Å². The molecule has 0 spiro atoms. The monoisotopic (exact) mass is 383 g/mol. The van der Waals surface area contributed by atoms with E-state index in [2.05, 4.69) is 15.2 Å². The summed E-state index contributed by atoms with van der Waals surface area (Å²) in [6.07, 6.45) is -1.01. The summed E-state index contributed by atoms with van der Waals surface area (Å²) in [6.45, 7) is 3.59. The number of fused-ring (bicyclic) bond motifs is 1. The van der Waals surface area contributed by atoms with Crippen molar-refractivity contribution in [3.8, 4) is 22.7 Å². The summed E-state index contributed by atoms with van der Waals surface area (Å²) in [5.74, 6) is 0.699.